The van der Waals surface area contributed by atoms with E-state index < -0.39 is 4.92 Å². The zero-order chi connectivity index (χ0) is 13.7. The summed E-state index contributed by atoms with van der Waals surface area (Å²) in [7, 11) is 1.46. The van der Waals surface area contributed by atoms with Gasteiger partial charge in [-0.25, -0.2) is 0 Å². The van der Waals surface area contributed by atoms with E-state index in [2.05, 4.69) is 10.3 Å². The SMILES string of the molecule is COc1ccc([N+](=O)[O-])c(NC(CN)C(C)C)n1. The van der Waals surface area contributed by atoms with Gasteiger partial charge < -0.3 is 15.8 Å². The highest BCUT2D eigenvalue weighted by atomic mass is 16.6. The number of hydrogen-bond acceptors (Lipinski definition) is 6. The maximum absolute atomic E-state index is 10.9. The number of nitrogens with zero attached hydrogens (tertiary/aromatic N) is 2. The number of rotatable bonds is 6. The molecule has 1 unspecified atom stereocenters. The van der Waals surface area contributed by atoms with Crippen LogP contribution in [0.4, 0.5) is 11.5 Å². The first-order valence-electron chi connectivity index (χ1n) is 5.65. The predicted molar refractivity (Wildman–Crippen MR) is 68.7 cm³/mol. The molecule has 1 rings (SSSR count). The zero-order valence-electron chi connectivity index (χ0n) is 10.7. The molecule has 0 amide bonds. The van der Waals surface area contributed by atoms with Gasteiger partial charge in [-0.05, 0) is 5.92 Å². The monoisotopic (exact) mass is 254 g/mol. The van der Waals surface area contributed by atoms with Gasteiger partial charge in [0.05, 0.1) is 12.0 Å². The van der Waals surface area contributed by atoms with Gasteiger partial charge in [-0.1, -0.05) is 13.8 Å². The van der Waals surface area contributed by atoms with E-state index in [0.717, 1.165) is 0 Å². The molecule has 0 aliphatic rings. The van der Waals surface area contributed by atoms with Crippen molar-refractivity contribution in [3.05, 3.63) is 22.2 Å². The van der Waals surface area contributed by atoms with Gasteiger partial charge in [0, 0.05) is 24.7 Å². The van der Waals surface area contributed by atoms with E-state index in [1.165, 1.54) is 19.2 Å². The largest absolute Gasteiger partial charge is 0.481 e. The van der Waals surface area contributed by atoms with E-state index in [9.17, 15) is 10.1 Å². The highest BCUT2D eigenvalue weighted by Gasteiger charge is 2.20. The van der Waals surface area contributed by atoms with Crippen molar-refractivity contribution in [2.45, 2.75) is 19.9 Å². The lowest BCUT2D eigenvalue weighted by atomic mass is 10.0. The van der Waals surface area contributed by atoms with E-state index >= 15 is 0 Å². The standard InChI is InChI=1S/C11H18N4O3/c1-7(2)8(6-12)13-11-9(15(16)17)4-5-10(14-11)18-3/h4-5,7-8H,6,12H2,1-3H3,(H,13,14). The van der Waals surface area contributed by atoms with Crippen LogP contribution in [-0.2, 0) is 0 Å². The fourth-order valence-electron chi connectivity index (χ4n) is 1.47. The number of aromatic nitrogens is 1. The van der Waals surface area contributed by atoms with Crippen molar-refractivity contribution in [2.75, 3.05) is 19.0 Å². The third kappa shape index (κ3) is 3.30. The maximum atomic E-state index is 10.9. The Balaban J connectivity index is 3.07. The first-order valence-corrected chi connectivity index (χ1v) is 5.65. The highest BCUT2D eigenvalue weighted by Crippen LogP contribution is 2.26. The molecule has 1 aromatic rings. The first-order chi connectivity index (χ1) is 8.49. The molecule has 1 aromatic heterocycles. The van der Waals surface area contributed by atoms with E-state index in [1.807, 2.05) is 13.8 Å². The van der Waals surface area contributed by atoms with Gasteiger partial charge in [0.2, 0.25) is 11.7 Å². The van der Waals surface area contributed by atoms with Crippen molar-refractivity contribution in [3.8, 4) is 5.88 Å². The van der Waals surface area contributed by atoms with E-state index in [1.54, 1.807) is 0 Å². The molecule has 0 aliphatic carbocycles. The van der Waals surface area contributed by atoms with E-state index in [-0.39, 0.29) is 23.5 Å². The Labute approximate surface area is 105 Å². The number of nitrogens with one attached hydrogen (secondary N) is 1. The molecule has 0 saturated heterocycles. The number of pyridine rings is 1. The van der Waals surface area contributed by atoms with Crippen molar-refractivity contribution >= 4 is 11.5 Å². The van der Waals surface area contributed by atoms with Crippen LogP contribution < -0.4 is 15.8 Å². The van der Waals surface area contributed by atoms with Gasteiger partial charge in [0.1, 0.15) is 0 Å². The molecule has 7 nitrogen and oxygen atoms in total. The summed E-state index contributed by atoms with van der Waals surface area (Å²) in [6.07, 6.45) is 0. The Morgan fingerprint density at radius 1 is 1.56 bits per heavy atom. The summed E-state index contributed by atoms with van der Waals surface area (Å²) in [5, 5.41) is 13.9. The van der Waals surface area contributed by atoms with Crippen LogP contribution >= 0.6 is 0 Å². The molecule has 0 aromatic carbocycles. The third-order valence-corrected chi connectivity index (χ3v) is 2.64. The molecule has 100 valence electrons. The van der Waals surface area contributed by atoms with Gasteiger partial charge in [-0.3, -0.25) is 10.1 Å². The lowest BCUT2D eigenvalue weighted by molar-refractivity contribution is -0.384. The smallest absolute Gasteiger partial charge is 0.311 e. The van der Waals surface area contributed by atoms with Gasteiger partial charge >= 0.3 is 5.69 Å². The number of anilines is 1. The van der Waals surface area contributed by atoms with Gasteiger partial charge in [-0.15, -0.1) is 0 Å². The lowest BCUT2D eigenvalue weighted by Gasteiger charge is -2.21. The minimum atomic E-state index is -0.483. The van der Waals surface area contributed by atoms with Crippen molar-refractivity contribution in [1.29, 1.82) is 0 Å². The minimum Gasteiger partial charge on any atom is -0.481 e. The summed E-state index contributed by atoms with van der Waals surface area (Å²) in [4.78, 5) is 14.5. The van der Waals surface area contributed by atoms with Crippen LogP contribution in [0.3, 0.4) is 0 Å². The van der Waals surface area contributed by atoms with Crippen LogP contribution in [0.25, 0.3) is 0 Å². The number of ether oxygens (including phenoxy) is 1. The molecule has 1 atom stereocenters. The molecule has 18 heavy (non-hydrogen) atoms. The van der Waals surface area contributed by atoms with Gasteiger partial charge in [0.15, 0.2) is 0 Å². The topological polar surface area (TPSA) is 103 Å². The molecule has 1 heterocycles. The second-order valence-electron chi connectivity index (χ2n) is 4.21. The number of methoxy groups -OCH3 is 1. The van der Waals surface area contributed by atoms with Gasteiger partial charge in [-0.2, -0.15) is 4.98 Å². The van der Waals surface area contributed by atoms with Crippen LogP contribution in [0, 0.1) is 16.0 Å². The number of nitrogens with two attached hydrogens (primary N) is 1. The Kier molecular flexibility index (Phi) is 4.85. The maximum Gasteiger partial charge on any atom is 0.311 e. The quantitative estimate of drug-likeness (QED) is 0.587. The average molecular weight is 254 g/mol. The average Bonchev–Trinajstić information content (AvgIpc) is 2.34. The van der Waals surface area contributed by atoms with Crippen LogP contribution in [0.15, 0.2) is 12.1 Å². The molecule has 3 N–H and O–H groups in total. The van der Waals surface area contributed by atoms with Crippen molar-refractivity contribution in [3.63, 3.8) is 0 Å². The Morgan fingerprint density at radius 3 is 2.67 bits per heavy atom. The van der Waals surface area contributed by atoms with Crippen LogP contribution in [0.1, 0.15) is 13.8 Å². The van der Waals surface area contributed by atoms with Crippen LogP contribution in [-0.4, -0.2) is 29.6 Å². The molecular weight excluding hydrogens is 236 g/mol. The Morgan fingerprint density at radius 2 is 2.22 bits per heavy atom. The molecule has 0 bridgehead atoms. The fourth-order valence-corrected chi connectivity index (χ4v) is 1.47. The summed E-state index contributed by atoms with van der Waals surface area (Å²) in [6.45, 7) is 4.33. The Hall–Kier alpha value is -1.89. The van der Waals surface area contributed by atoms with Crippen LogP contribution in [0.5, 0.6) is 5.88 Å². The molecule has 0 radical (unpaired) electrons. The Bertz CT molecular complexity index is 423. The third-order valence-electron chi connectivity index (χ3n) is 2.64. The van der Waals surface area contributed by atoms with Gasteiger partial charge in [0.25, 0.3) is 0 Å². The normalized spacial score (nSPS) is 12.3. The summed E-state index contributed by atoms with van der Waals surface area (Å²) in [5.41, 5.74) is 5.54. The summed E-state index contributed by atoms with van der Waals surface area (Å²) < 4.78 is 4.96. The molecular formula is C11H18N4O3. The molecule has 0 fully saturated rings. The second-order valence-corrected chi connectivity index (χ2v) is 4.21. The van der Waals surface area contributed by atoms with Crippen molar-refractivity contribution in [1.82, 2.24) is 4.98 Å². The zero-order valence-corrected chi connectivity index (χ0v) is 10.7. The predicted octanol–water partition coefficient (Wildman–Crippen LogP) is 1.39. The number of hydrogen-bond donors (Lipinski definition) is 2. The summed E-state index contributed by atoms with van der Waals surface area (Å²) in [6, 6.07) is 2.74. The van der Waals surface area contributed by atoms with E-state index in [4.69, 9.17) is 10.5 Å². The highest BCUT2D eigenvalue weighted by molar-refractivity contribution is 5.57. The second kappa shape index (κ2) is 6.15. The molecule has 0 saturated carbocycles. The summed E-state index contributed by atoms with van der Waals surface area (Å²) >= 11 is 0. The molecule has 0 spiro atoms. The van der Waals surface area contributed by atoms with Crippen LogP contribution in [0.2, 0.25) is 0 Å². The van der Waals surface area contributed by atoms with Crippen molar-refractivity contribution < 1.29 is 9.66 Å². The number of nitro groups is 1. The van der Waals surface area contributed by atoms with E-state index in [0.29, 0.717) is 12.4 Å². The fraction of sp³-hybridized carbons (Fsp3) is 0.545. The summed E-state index contributed by atoms with van der Waals surface area (Å²) in [5.74, 6) is 0.744. The first kappa shape index (κ1) is 14.2. The minimum absolute atomic E-state index is 0.0803. The molecule has 7 heteroatoms. The molecule has 0 aliphatic heterocycles. The lowest BCUT2D eigenvalue weighted by Crippen LogP contribution is -2.34. The van der Waals surface area contributed by atoms with Crippen molar-refractivity contribution in [2.24, 2.45) is 11.7 Å².